The van der Waals surface area contributed by atoms with E-state index in [4.69, 9.17) is 11.6 Å². The van der Waals surface area contributed by atoms with Gasteiger partial charge in [-0.3, -0.25) is 9.52 Å². The highest BCUT2D eigenvalue weighted by atomic mass is 35.5. The molecule has 0 heterocycles. The molecule has 0 atom stereocenters. The van der Waals surface area contributed by atoms with Gasteiger partial charge in [0.1, 0.15) is 5.82 Å². The van der Waals surface area contributed by atoms with Crippen LogP contribution in [0.3, 0.4) is 0 Å². The van der Waals surface area contributed by atoms with E-state index in [1.165, 1.54) is 18.2 Å². The van der Waals surface area contributed by atoms with Crippen LogP contribution in [0.25, 0.3) is 0 Å². The van der Waals surface area contributed by atoms with Crippen molar-refractivity contribution in [2.45, 2.75) is 9.79 Å². The highest BCUT2D eigenvalue weighted by Gasteiger charge is 2.17. The Hall–Kier alpha value is -2.55. The van der Waals surface area contributed by atoms with Crippen molar-refractivity contribution in [3.63, 3.8) is 0 Å². The molecule has 0 saturated carbocycles. The molecule has 3 aromatic rings. The number of sulfonamides is 1. The minimum Gasteiger partial charge on any atom is -0.351 e. The minimum absolute atomic E-state index is 0.0623. The zero-order valence-corrected chi connectivity index (χ0v) is 18.0. The lowest BCUT2D eigenvalue weighted by molar-refractivity contribution is 0.0956. The number of carbonyl (C=O) groups is 1. The zero-order valence-electron chi connectivity index (χ0n) is 15.6. The quantitative estimate of drug-likeness (QED) is 0.371. The summed E-state index contributed by atoms with van der Waals surface area (Å²) >= 11 is 7.71. The Bertz CT molecular complexity index is 1120. The Kier molecular flexibility index (Phi) is 7.36. The van der Waals surface area contributed by atoms with Gasteiger partial charge in [0.25, 0.3) is 15.9 Å². The first-order chi connectivity index (χ1) is 14.3. The average Bonchev–Trinajstić information content (AvgIpc) is 2.73. The van der Waals surface area contributed by atoms with Gasteiger partial charge < -0.3 is 5.32 Å². The van der Waals surface area contributed by atoms with Crippen LogP contribution < -0.4 is 10.0 Å². The van der Waals surface area contributed by atoms with Gasteiger partial charge in [0.15, 0.2) is 0 Å². The summed E-state index contributed by atoms with van der Waals surface area (Å²) < 4.78 is 40.4. The standard InChI is InChI=1S/C21H18ClFN2O3S2/c22-19-11-6-15(21(26)24-12-13-29-17-4-2-1-3-5-17)14-20(19)25-30(27,28)18-9-7-16(23)8-10-18/h1-11,14,25H,12-13H2,(H,24,26). The molecular formula is C21H18ClFN2O3S2. The van der Waals surface area contributed by atoms with E-state index >= 15 is 0 Å². The molecular weight excluding hydrogens is 447 g/mol. The first-order valence-electron chi connectivity index (χ1n) is 8.89. The average molecular weight is 465 g/mol. The smallest absolute Gasteiger partial charge is 0.261 e. The third-order valence-corrected chi connectivity index (χ3v) is 6.72. The minimum atomic E-state index is -3.98. The third-order valence-electron chi connectivity index (χ3n) is 4.00. The van der Waals surface area contributed by atoms with Crippen LogP contribution in [-0.4, -0.2) is 26.6 Å². The first-order valence-corrected chi connectivity index (χ1v) is 11.7. The molecule has 2 N–H and O–H groups in total. The Morgan fingerprint density at radius 1 is 1.00 bits per heavy atom. The first kappa shape index (κ1) is 22.1. The van der Waals surface area contributed by atoms with Gasteiger partial charge in [0.05, 0.1) is 15.6 Å². The fraction of sp³-hybridized carbons (Fsp3) is 0.0952. The number of anilines is 1. The van der Waals surface area contributed by atoms with Gasteiger partial charge in [-0.2, -0.15) is 0 Å². The van der Waals surface area contributed by atoms with E-state index in [1.54, 1.807) is 11.8 Å². The highest BCUT2D eigenvalue weighted by molar-refractivity contribution is 7.99. The summed E-state index contributed by atoms with van der Waals surface area (Å²) in [7, 11) is -3.98. The van der Waals surface area contributed by atoms with Crippen molar-refractivity contribution in [2.24, 2.45) is 0 Å². The summed E-state index contributed by atoms with van der Waals surface area (Å²) in [5.41, 5.74) is 0.327. The monoisotopic (exact) mass is 464 g/mol. The lowest BCUT2D eigenvalue weighted by atomic mass is 10.2. The van der Waals surface area contributed by atoms with E-state index in [2.05, 4.69) is 10.0 Å². The molecule has 0 aliphatic carbocycles. The molecule has 156 valence electrons. The van der Waals surface area contributed by atoms with Crippen molar-refractivity contribution in [1.29, 1.82) is 0 Å². The van der Waals surface area contributed by atoms with E-state index in [-0.39, 0.29) is 27.1 Å². The zero-order chi connectivity index (χ0) is 21.6. The van der Waals surface area contributed by atoms with E-state index in [1.807, 2.05) is 30.3 Å². The molecule has 3 aromatic carbocycles. The molecule has 0 saturated heterocycles. The molecule has 0 aromatic heterocycles. The molecule has 1 amide bonds. The van der Waals surface area contributed by atoms with Crippen LogP contribution in [0.4, 0.5) is 10.1 Å². The van der Waals surface area contributed by atoms with Crippen molar-refractivity contribution in [3.05, 3.63) is 89.2 Å². The normalized spacial score (nSPS) is 11.1. The molecule has 0 spiro atoms. The molecule has 9 heteroatoms. The van der Waals surface area contributed by atoms with E-state index < -0.39 is 15.8 Å². The van der Waals surface area contributed by atoms with Gasteiger partial charge in [0, 0.05) is 22.8 Å². The van der Waals surface area contributed by atoms with Crippen LogP contribution in [0, 0.1) is 5.82 Å². The van der Waals surface area contributed by atoms with Crippen molar-refractivity contribution < 1.29 is 17.6 Å². The van der Waals surface area contributed by atoms with Gasteiger partial charge in [-0.15, -0.1) is 11.8 Å². The van der Waals surface area contributed by atoms with Crippen molar-refractivity contribution >= 4 is 45.0 Å². The van der Waals surface area contributed by atoms with E-state index in [9.17, 15) is 17.6 Å². The molecule has 0 fully saturated rings. The molecule has 0 aliphatic heterocycles. The predicted octanol–water partition coefficient (Wildman–Crippen LogP) is 4.80. The maximum atomic E-state index is 13.0. The van der Waals surface area contributed by atoms with Crippen LogP contribution in [0.15, 0.2) is 82.6 Å². The number of benzene rings is 3. The van der Waals surface area contributed by atoms with E-state index in [0.29, 0.717) is 12.3 Å². The fourth-order valence-corrected chi connectivity index (χ4v) is 4.60. The number of carbonyl (C=O) groups excluding carboxylic acids is 1. The third kappa shape index (κ3) is 5.98. The highest BCUT2D eigenvalue weighted by Crippen LogP contribution is 2.26. The summed E-state index contributed by atoms with van der Waals surface area (Å²) in [4.78, 5) is 13.4. The molecule has 0 aliphatic rings. The van der Waals surface area contributed by atoms with Crippen molar-refractivity contribution in [3.8, 4) is 0 Å². The molecule has 0 bridgehead atoms. The molecule has 3 rings (SSSR count). The number of amides is 1. The number of hydrogen-bond donors (Lipinski definition) is 2. The molecule has 0 unspecified atom stereocenters. The molecule has 5 nitrogen and oxygen atoms in total. The summed E-state index contributed by atoms with van der Waals surface area (Å²) in [5, 5.41) is 2.93. The molecule has 0 radical (unpaired) electrons. The number of rotatable bonds is 8. The largest absolute Gasteiger partial charge is 0.351 e. The maximum Gasteiger partial charge on any atom is 0.261 e. The lowest BCUT2D eigenvalue weighted by Crippen LogP contribution is -2.26. The topological polar surface area (TPSA) is 75.3 Å². The van der Waals surface area contributed by atoms with Gasteiger partial charge in [0.2, 0.25) is 0 Å². The number of nitrogens with one attached hydrogen (secondary N) is 2. The van der Waals surface area contributed by atoms with Crippen LogP contribution >= 0.6 is 23.4 Å². The van der Waals surface area contributed by atoms with Crippen molar-refractivity contribution in [1.82, 2.24) is 5.32 Å². The van der Waals surface area contributed by atoms with Crippen LogP contribution in [0.2, 0.25) is 5.02 Å². The fourth-order valence-electron chi connectivity index (χ4n) is 2.51. The second-order valence-electron chi connectivity index (χ2n) is 6.17. The summed E-state index contributed by atoms with van der Waals surface area (Å²) in [6.45, 7) is 0.442. The summed E-state index contributed by atoms with van der Waals surface area (Å²) in [6.07, 6.45) is 0. The number of hydrogen-bond acceptors (Lipinski definition) is 4. The van der Waals surface area contributed by atoms with Gasteiger partial charge in [-0.05, 0) is 54.6 Å². The number of halogens is 2. The molecule has 30 heavy (non-hydrogen) atoms. The summed E-state index contributed by atoms with van der Waals surface area (Å²) in [6, 6.07) is 18.5. The van der Waals surface area contributed by atoms with Gasteiger partial charge in [-0.25, -0.2) is 12.8 Å². The predicted molar refractivity (Wildman–Crippen MR) is 118 cm³/mol. The van der Waals surface area contributed by atoms with Crippen molar-refractivity contribution in [2.75, 3.05) is 17.0 Å². The Labute approximate surface area is 183 Å². The van der Waals surface area contributed by atoms with E-state index in [0.717, 1.165) is 29.2 Å². The Morgan fingerprint density at radius 2 is 1.70 bits per heavy atom. The number of thioether (sulfide) groups is 1. The Morgan fingerprint density at radius 3 is 2.40 bits per heavy atom. The van der Waals surface area contributed by atoms with Crippen LogP contribution in [0.5, 0.6) is 0 Å². The second-order valence-corrected chi connectivity index (χ2v) is 9.43. The SMILES string of the molecule is O=C(NCCSc1ccccc1)c1ccc(Cl)c(NS(=O)(=O)c2ccc(F)cc2)c1. The second kappa shape index (κ2) is 9.97. The van der Waals surface area contributed by atoms with Crippen LogP contribution in [-0.2, 0) is 10.0 Å². The Balaban J connectivity index is 1.64. The van der Waals surface area contributed by atoms with Gasteiger partial charge in [-0.1, -0.05) is 29.8 Å². The summed E-state index contributed by atoms with van der Waals surface area (Å²) in [5.74, 6) is -0.202. The lowest BCUT2D eigenvalue weighted by Gasteiger charge is -2.12. The van der Waals surface area contributed by atoms with Crippen LogP contribution in [0.1, 0.15) is 10.4 Å². The maximum absolute atomic E-state index is 13.0. The van der Waals surface area contributed by atoms with Gasteiger partial charge >= 0.3 is 0 Å².